The number of fused-ring (bicyclic) bond motifs is 1. The van der Waals surface area contributed by atoms with E-state index in [1.807, 2.05) is 6.07 Å². The molecule has 0 fully saturated rings. The second-order valence-electron chi connectivity index (χ2n) is 6.21. The van der Waals surface area contributed by atoms with Crippen LogP contribution < -0.4 is 4.74 Å². The first-order chi connectivity index (χ1) is 14.3. The molecule has 2 aromatic carbocycles. The molecular formula is C21H17F3N2O4. The lowest BCUT2D eigenvalue weighted by Gasteiger charge is -2.14. The smallest absolute Gasteiger partial charge is 0.416 e. The van der Waals surface area contributed by atoms with Crippen molar-refractivity contribution in [3.63, 3.8) is 0 Å². The fourth-order valence-corrected chi connectivity index (χ4v) is 2.99. The molecule has 6 nitrogen and oxygen atoms in total. The summed E-state index contributed by atoms with van der Waals surface area (Å²) in [6, 6.07) is 9.63. The van der Waals surface area contributed by atoms with Crippen LogP contribution in [-0.2, 0) is 15.7 Å². The Bertz CT molecular complexity index is 1130. The molecule has 9 heteroatoms. The van der Waals surface area contributed by atoms with Gasteiger partial charge in [-0.2, -0.15) is 18.4 Å². The second-order valence-corrected chi connectivity index (χ2v) is 6.21. The lowest BCUT2D eigenvalue weighted by Crippen LogP contribution is -2.10. The minimum absolute atomic E-state index is 0.139. The van der Waals surface area contributed by atoms with E-state index in [0.29, 0.717) is 11.1 Å². The van der Waals surface area contributed by atoms with Gasteiger partial charge in [-0.05, 0) is 31.2 Å². The quantitative estimate of drug-likeness (QED) is 0.429. The maximum Gasteiger partial charge on any atom is 0.416 e. The summed E-state index contributed by atoms with van der Waals surface area (Å²) in [6.45, 7) is 1.68. The number of rotatable bonds is 6. The molecule has 0 saturated heterocycles. The predicted octanol–water partition coefficient (Wildman–Crippen LogP) is 4.68. The largest absolute Gasteiger partial charge is 0.467 e. The lowest BCUT2D eigenvalue weighted by atomic mass is 10.1. The maximum absolute atomic E-state index is 13.2. The Balaban J connectivity index is 2.18. The summed E-state index contributed by atoms with van der Waals surface area (Å²) in [4.78, 5) is 12.2. The Labute approximate surface area is 170 Å². The standard InChI is InChI=1S/C21H17F3N2O4/c1-3-29-20(27)17-7-5-15(9-19(17)30-12-28-2)26-11-13(10-25)16-6-4-14(8-18(16)26)21(22,23)24/h4-9,11H,3,12H2,1-2H3. The summed E-state index contributed by atoms with van der Waals surface area (Å²) < 4.78 is 56.4. The van der Waals surface area contributed by atoms with Crippen molar-refractivity contribution in [3.8, 4) is 17.5 Å². The van der Waals surface area contributed by atoms with Crippen molar-refractivity contribution in [1.82, 2.24) is 4.57 Å². The van der Waals surface area contributed by atoms with E-state index in [1.54, 1.807) is 6.92 Å². The number of halogens is 3. The van der Waals surface area contributed by atoms with Gasteiger partial charge < -0.3 is 18.8 Å². The zero-order valence-corrected chi connectivity index (χ0v) is 16.1. The number of carbonyl (C=O) groups excluding carboxylic acids is 1. The first-order valence-corrected chi connectivity index (χ1v) is 8.85. The normalized spacial score (nSPS) is 11.3. The van der Waals surface area contributed by atoms with E-state index in [4.69, 9.17) is 14.2 Å². The van der Waals surface area contributed by atoms with Gasteiger partial charge in [-0.25, -0.2) is 4.79 Å². The lowest BCUT2D eigenvalue weighted by molar-refractivity contribution is -0.137. The van der Waals surface area contributed by atoms with Crippen molar-refractivity contribution >= 4 is 16.9 Å². The van der Waals surface area contributed by atoms with Crippen LogP contribution in [0.2, 0.25) is 0 Å². The number of alkyl halides is 3. The van der Waals surface area contributed by atoms with Gasteiger partial charge in [-0.3, -0.25) is 0 Å². The third-order valence-electron chi connectivity index (χ3n) is 4.32. The van der Waals surface area contributed by atoms with E-state index in [9.17, 15) is 23.2 Å². The van der Waals surface area contributed by atoms with E-state index in [-0.39, 0.29) is 35.8 Å². The van der Waals surface area contributed by atoms with Crippen LogP contribution in [0.5, 0.6) is 5.75 Å². The van der Waals surface area contributed by atoms with E-state index in [1.165, 1.54) is 42.1 Å². The molecule has 0 N–H and O–H groups in total. The summed E-state index contributed by atoms with van der Waals surface area (Å²) in [5.74, 6) is -0.468. The SMILES string of the molecule is CCOC(=O)c1ccc(-n2cc(C#N)c3ccc(C(F)(F)F)cc32)cc1OCOC. The molecule has 3 rings (SSSR count). The van der Waals surface area contributed by atoms with Crippen LogP contribution in [0.15, 0.2) is 42.6 Å². The fourth-order valence-electron chi connectivity index (χ4n) is 2.99. The number of esters is 1. The Morgan fingerprint density at radius 1 is 1.20 bits per heavy atom. The number of aromatic nitrogens is 1. The highest BCUT2D eigenvalue weighted by Gasteiger charge is 2.31. The number of benzene rings is 2. The number of ether oxygens (including phenoxy) is 3. The molecule has 156 valence electrons. The van der Waals surface area contributed by atoms with E-state index < -0.39 is 17.7 Å². The molecule has 0 spiro atoms. The maximum atomic E-state index is 13.2. The summed E-state index contributed by atoms with van der Waals surface area (Å²) >= 11 is 0. The molecule has 0 amide bonds. The highest BCUT2D eigenvalue weighted by Crippen LogP contribution is 2.34. The molecule has 0 aliphatic rings. The Morgan fingerprint density at radius 2 is 1.97 bits per heavy atom. The van der Waals surface area contributed by atoms with Crippen LogP contribution in [0.3, 0.4) is 0 Å². The van der Waals surface area contributed by atoms with Gasteiger partial charge in [0.2, 0.25) is 0 Å². The highest BCUT2D eigenvalue weighted by molar-refractivity contribution is 5.93. The van der Waals surface area contributed by atoms with Crippen molar-refractivity contribution in [2.45, 2.75) is 13.1 Å². The van der Waals surface area contributed by atoms with Gasteiger partial charge in [0.25, 0.3) is 0 Å². The summed E-state index contributed by atoms with van der Waals surface area (Å²) in [6.07, 6.45) is -3.10. The number of nitrogens with zero attached hydrogens (tertiary/aromatic N) is 2. The molecule has 0 radical (unpaired) electrons. The molecule has 0 atom stereocenters. The molecule has 0 unspecified atom stereocenters. The van der Waals surface area contributed by atoms with E-state index in [2.05, 4.69) is 0 Å². The fraction of sp³-hybridized carbons (Fsp3) is 0.238. The zero-order chi connectivity index (χ0) is 21.9. The number of hydrogen-bond donors (Lipinski definition) is 0. The van der Waals surface area contributed by atoms with Gasteiger partial charge in [-0.15, -0.1) is 0 Å². The van der Waals surface area contributed by atoms with Gasteiger partial charge in [0.15, 0.2) is 6.79 Å². The minimum atomic E-state index is -4.53. The summed E-state index contributed by atoms with van der Waals surface area (Å²) in [7, 11) is 1.41. The van der Waals surface area contributed by atoms with E-state index in [0.717, 1.165) is 12.1 Å². The molecule has 1 aromatic heterocycles. The number of carbonyl (C=O) groups is 1. The van der Waals surface area contributed by atoms with Crippen molar-refractivity contribution < 1.29 is 32.2 Å². The summed E-state index contributed by atoms with van der Waals surface area (Å²) in [5.41, 5.74) is 0.124. The van der Waals surface area contributed by atoms with Crippen molar-refractivity contribution in [3.05, 3.63) is 59.3 Å². The first kappa shape index (κ1) is 21.2. The predicted molar refractivity (Wildman–Crippen MR) is 101 cm³/mol. The zero-order valence-electron chi connectivity index (χ0n) is 16.1. The van der Waals surface area contributed by atoms with Gasteiger partial charge in [-0.1, -0.05) is 6.07 Å². The third kappa shape index (κ3) is 4.09. The molecule has 0 saturated carbocycles. The Hall–Kier alpha value is -3.51. The molecular weight excluding hydrogens is 401 g/mol. The second kappa shape index (κ2) is 8.47. The van der Waals surface area contributed by atoms with Crippen LogP contribution >= 0.6 is 0 Å². The molecule has 0 aliphatic carbocycles. The Morgan fingerprint density at radius 3 is 2.60 bits per heavy atom. The third-order valence-corrected chi connectivity index (χ3v) is 4.32. The van der Waals surface area contributed by atoms with Crippen molar-refractivity contribution in [1.29, 1.82) is 5.26 Å². The van der Waals surface area contributed by atoms with Gasteiger partial charge in [0, 0.05) is 30.4 Å². The van der Waals surface area contributed by atoms with Crippen LogP contribution in [0.25, 0.3) is 16.6 Å². The first-order valence-electron chi connectivity index (χ1n) is 8.85. The van der Waals surface area contributed by atoms with Crippen LogP contribution in [0.4, 0.5) is 13.2 Å². The molecule has 1 heterocycles. The minimum Gasteiger partial charge on any atom is -0.467 e. The summed E-state index contributed by atoms with van der Waals surface area (Å²) in [5, 5.41) is 9.76. The van der Waals surface area contributed by atoms with Crippen molar-refractivity contribution in [2.24, 2.45) is 0 Å². The molecule has 30 heavy (non-hydrogen) atoms. The highest BCUT2D eigenvalue weighted by atomic mass is 19.4. The van der Waals surface area contributed by atoms with Gasteiger partial charge in [0.1, 0.15) is 17.4 Å². The van der Waals surface area contributed by atoms with Crippen LogP contribution in [0, 0.1) is 11.3 Å². The van der Waals surface area contributed by atoms with Crippen LogP contribution in [0.1, 0.15) is 28.4 Å². The Kier molecular flexibility index (Phi) is 5.99. The average Bonchev–Trinajstić information content (AvgIpc) is 3.09. The molecule has 0 bridgehead atoms. The van der Waals surface area contributed by atoms with Crippen molar-refractivity contribution in [2.75, 3.05) is 20.5 Å². The number of hydrogen-bond acceptors (Lipinski definition) is 5. The van der Waals surface area contributed by atoms with Gasteiger partial charge >= 0.3 is 12.1 Å². The van der Waals surface area contributed by atoms with Crippen LogP contribution in [-0.4, -0.2) is 31.0 Å². The monoisotopic (exact) mass is 418 g/mol. The van der Waals surface area contributed by atoms with Gasteiger partial charge in [0.05, 0.1) is 23.3 Å². The molecule has 3 aromatic rings. The number of nitriles is 1. The number of methoxy groups -OCH3 is 1. The van der Waals surface area contributed by atoms with E-state index >= 15 is 0 Å². The molecule has 0 aliphatic heterocycles. The topological polar surface area (TPSA) is 73.5 Å². The average molecular weight is 418 g/mol.